The van der Waals surface area contributed by atoms with Gasteiger partial charge in [0.05, 0.1) is 7.11 Å². The van der Waals surface area contributed by atoms with Crippen LogP contribution in [-0.4, -0.2) is 13.7 Å². The van der Waals surface area contributed by atoms with Crippen molar-refractivity contribution in [3.05, 3.63) is 28.8 Å². The second-order valence-corrected chi connectivity index (χ2v) is 7.20. The van der Waals surface area contributed by atoms with Gasteiger partial charge in [0.1, 0.15) is 5.75 Å². The molecule has 0 aliphatic heterocycles. The Morgan fingerprint density at radius 3 is 2.76 bits per heavy atom. The average Bonchev–Trinajstić information content (AvgIpc) is 2.45. The fourth-order valence-corrected chi connectivity index (χ4v) is 3.96. The number of rotatable bonds is 5. The van der Waals surface area contributed by atoms with Crippen molar-refractivity contribution in [3.63, 3.8) is 0 Å². The molecule has 21 heavy (non-hydrogen) atoms. The minimum Gasteiger partial charge on any atom is -0.496 e. The molecule has 0 heterocycles. The van der Waals surface area contributed by atoms with Gasteiger partial charge < -0.3 is 10.1 Å². The van der Waals surface area contributed by atoms with Gasteiger partial charge in [0.2, 0.25) is 0 Å². The van der Waals surface area contributed by atoms with Crippen molar-refractivity contribution in [2.24, 2.45) is 11.3 Å². The van der Waals surface area contributed by atoms with Crippen LogP contribution in [0.25, 0.3) is 0 Å². The summed E-state index contributed by atoms with van der Waals surface area (Å²) in [7, 11) is 1.74. The predicted octanol–water partition coefficient (Wildman–Crippen LogP) is 5.22. The SMILES string of the molecule is CCNC(c1cc(Cl)ccc1OC)C1CCCCC1(C)C. The molecule has 2 atom stereocenters. The fraction of sp³-hybridized carbons (Fsp3) is 0.667. The summed E-state index contributed by atoms with van der Waals surface area (Å²) in [5.74, 6) is 1.55. The molecule has 118 valence electrons. The number of methoxy groups -OCH3 is 1. The molecule has 1 aromatic carbocycles. The number of hydrogen-bond donors (Lipinski definition) is 1. The van der Waals surface area contributed by atoms with E-state index in [2.05, 4.69) is 32.2 Å². The Hall–Kier alpha value is -0.730. The standard InChI is InChI=1S/C18H28ClNO/c1-5-20-17(15-8-6-7-11-18(15,2)3)14-12-13(19)9-10-16(14)21-4/h9-10,12,15,17,20H,5-8,11H2,1-4H3. The van der Waals surface area contributed by atoms with Crippen LogP contribution in [0, 0.1) is 11.3 Å². The Labute approximate surface area is 134 Å². The highest BCUT2D eigenvalue weighted by atomic mass is 35.5. The van der Waals surface area contributed by atoms with Crippen molar-refractivity contribution in [1.82, 2.24) is 5.32 Å². The van der Waals surface area contributed by atoms with E-state index in [4.69, 9.17) is 16.3 Å². The second-order valence-electron chi connectivity index (χ2n) is 6.76. The molecule has 2 rings (SSSR count). The topological polar surface area (TPSA) is 21.3 Å². The molecule has 1 aliphatic carbocycles. The molecule has 0 spiro atoms. The lowest BCUT2D eigenvalue weighted by Crippen LogP contribution is -2.39. The lowest BCUT2D eigenvalue weighted by Gasteiger charge is -2.44. The Kier molecular flexibility index (Phi) is 5.56. The zero-order valence-electron chi connectivity index (χ0n) is 13.7. The summed E-state index contributed by atoms with van der Waals surface area (Å²) >= 11 is 6.24. The lowest BCUT2D eigenvalue weighted by atomic mass is 9.64. The maximum absolute atomic E-state index is 6.24. The molecular formula is C18H28ClNO. The van der Waals surface area contributed by atoms with Crippen LogP contribution >= 0.6 is 11.6 Å². The van der Waals surface area contributed by atoms with Crippen molar-refractivity contribution in [2.45, 2.75) is 52.5 Å². The van der Waals surface area contributed by atoms with Gasteiger partial charge in [-0.2, -0.15) is 0 Å². The van der Waals surface area contributed by atoms with Gasteiger partial charge in [-0.25, -0.2) is 0 Å². The van der Waals surface area contributed by atoms with Crippen LogP contribution in [-0.2, 0) is 0 Å². The number of nitrogens with one attached hydrogen (secondary N) is 1. The molecule has 3 heteroatoms. The highest BCUT2D eigenvalue weighted by Gasteiger charge is 2.38. The first-order chi connectivity index (χ1) is 9.99. The molecule has 2 unspecified atom stereocenters. The molecule has 1 fully saturated rings. The zero-order chi connectivity index (χ0) is 15.5. The van der Waals surface area contributed by atoms with Crippen molar-refractivity contribution >= 4 is 11.6 Å². The van der Waals surface area contributed by atoms with Gasteiger partial charge in [0, 0.05) is 16.6 Å². The molecule has 0 radical (unpaired) electrons. The Bertz CT molecular complexity index is 472. The van der Waals surface area contributed by atoms with E-state index >= 15 is 0 Å². The van der Waals surface area contributed by atoms with Crippen molar-refractivity contribution in [2.75, 3.05) is 13.7 Å². The molecule has 1 saturated carbocycles. The van der Waals surface area contributed by atoms with Crippen LogP contribution < -0.4 is 10.1 Å². The molecule has 1 aliphatic rings. The lowest BCUT2D eigenvalue weighted by molar-refractivity contribution is 0.0978. The first-order valence-electron chi connectivity index (χ1n) is 8.06. The number of halogens is 1. The summed E-state index contributed by atoms with van der Waals surface area (Å²) in [5, 5.41) is 4.47. The van der Waals surface area contributed by atoms with Crippen molar-refractivity contribution < 1.29 is 4.74 Å². The summed E-state index contributed by atoms with van der Waals surface area (Å²) in [5.41, 5.74) is 1.55. The summed E-state index contributed by atoms with van der Waals surface area (Å²) in [6, 6.07) is 6.26. The molecule has 0 saturated heterocycles. The molecule has 0 aromatic heterocycles. The summed E-state index contributed by atoms with van der Waals surface area (Å²) in [6.07, 6.45) is 5.22. The Morgan fingerprint density at radius 2 is 2.14 bits per heavy atom. The van der Waals surface area contributed by atoms with Gasteiger partial charge in [0.25, 0.3) is 0 Å². The zero-order valence-corrected chi connectivity index (χ0v) is 14.5. The molecule has 1 N–H and O–H groups in total. The van der Waals surface area contributed by atoms with E-state index in [1.54, 1.807) is 7.11 Å². The predicted molar refractivity (Wildman–Crippen MR) is 90.2 cm³/mol. The fourth-order valence-electron chi connectivity index (χ4n) is 3.78. The Balaban J connectivity index is 2.40. The first-order valence-corrected chi connectivity index (χ1v) is 8.44. The van der Waals surface area contributed by atoms with Crippen LogP contribution in [0.2, 0.25) is 5.02 Å². The third-order valence-electron chi connectivity index (χ3n) is 4.94. The minimum absolute atomic E-state index is 0.305. The molecule has 1 aromatic rings. The van der Waals surface area contributed by atoms with Gasteiger partial charge in [-0.3, -0.25) is 0 Å². The van der Waals surface area contributed by atoms with E-state index in [9.17, 15) is 0 Å². The summed E-state index contributed by atoms with van der Waals surface area (Å²) < 4.78 is 5.59. The highest BCUT2D eigenvalue weighted by Crippen LogP contribution is 2.48. The van der Waals surface area contributed by atoms with E-state index in [0.717, 1.165) is 17.3 Å². The van der Waals surface area contributed by atoms with Crippen LogP contribution in [0.3, 0.4) is 0 Å². The smallest absolute Gasteiger partial charge is 0.123 e. The number of hydrogen-bond acceptors (Lipinski definition) is 2. The van der Waals surface area contributed by atoms with E-state index in [1.807, 2.05) is 12.1 Å². The van der Waals surface area contributed by atoms with Gasteiger partial charge >= 0.3 is 0 Å². The van der Waals surface area contributed by atoms with E-state index in [-0.39, 0.29) is 0 Å². The van der Waals surface area contributed by atoms with Crippen LogP contribution in [0.5, 0.6) is 5.75 Å². The minimum atomic E-state index is 0.305. The van der Waals surface area contributed by atoms with Crippen LogP contribution in [0.4, 0.5) is 0 Å². The van der Waals surface area contributed by atoms with Gasteiger partial charge in [-0.1, -0.05) is 45.2 Å². The van der Waals surface area contributed by atoms with Crippen molar-refractivity contribution in [3.8, 4) is 5.75 Å². The quantitative estimate of drug-likeness (QED) is 0.805. The van der Waals surface area contributed by atoms with Crippen molar-refractivity contribution in [1.29, 1.82) is 0 Å². The first kappa shape index (κ1) is 16.6. The summed E-state index contributed by atoms with van der Waals surface area (Å²) in [4.78, 5) is 0. The maximum atomic E-state index is 6.24. The van der Waals surface area contributed by atoms with E-state index in [1.165, 1.54) is 31.2 Å². The average molecular weight is 310 g/mol. The normalized spacial score (nSPS) is 22.8. The van der Waals surface area contributed by atoms with Crippen LogP contribution in [0.1, 0.15) is 58.1 Å². The largest absolute Gasteiger partial charge is 0.496 e. The molecule has 2 nitrogen and oxygen atoms in total. The number of ether oxygens (including phenoxy) is 1. The summed E-state index contributed by atoms with van der Waals surface area (Å²) in [6.45, 7) is 7.92. The molecule has 0 amide bonds. The third-order valence-corrected chi connectivity index (χ3v) is 5.18. The van der Waals surface area contributed by atoms with Gasteiger partial charge in [-0.05, 0) is 48.9 Å². The number of benzene rings is 1. The second kappa shape index (κ2) is 7.02. The van der Waals surface area contributed by atoms with E-state index < -0.39 is 0 Å². The molecule has 0 bridgehead atoms. The Morgan fingerprint density at radius 1 is 1.38 bits per heavy atom. The van der Waals surface area contributed by atoms with Crippen LogP contribution in [0.15, 0.2) is 18.2 Å². The third kappa shape index (κ3) is 3.73. The molecular weight excluding hydrogens is 282 g/mol. The maximum Gasteiger partial charge on any atom is 0.123 e. The van der Waals surface area contributed by atoms with Gasteiger partial charge in [-0.15, -0.1) is 0 Å². The van der Waals surface area contributed by atoms with Gasteiger partial charge in [0.15, 0.2) is 0 Å². The highest BCUT2D eigenvalue weighted by molar-refractivity contribution is 6.30. The monoisotopic (exact) mass is 309 g/mol. The van der Waals surface area contributed by atoms with E-state index in [0.29, 0.717) is 17.4 Å².